The van der Waals surface area contributed by atoms with Crippen LogP contribution in [0.2, 0.25) is 0 Å². The van der Waals surface area contributed by atoms with Crippen LogP contribution in [0, 0.1) is 5.41 Å². The molecule has 0 aliphatic heterocycles. The Balaban J connectivity index is 1.55. The maximum atomic E-state index is 13.2. The highest BCUT2D eigenvalue weighted by molar-refractivity contribution is 5.93. The number of nitrogens with zero attached hydrogens (tertiary/aromatic N) is 1. The normalized spacial score (nSPS) is 24.2. The maximum absolute atomic E-state index is 13.2. The standard InChI is InChI=1S/C20H24N2O2/c1-2-16-12-17(24-22-16)13-21-18(23)20(15-8-4-3-5-9-15)14-19(20)10-6-7-11-19/h3-5,8-9,12H,2,6-7,10-11,13-14H2,1H3,(H,21,23). The number of hydrogen-bond acceptors (Lipinski definition) is 3. The Morgan fingerprint density at radius 1 is 1.25 bits per heavy atom. The summed E-state index contributed by atoms with van der Waals surface area (Å²) in [5, 5.41) is 7.11. The molecule has 2 saturated carbocycles. The molecule has 126 valence electrons. The van der Waals surface area contributed by atoms with Crippen LogP contribution in [0.5, 0.6) is 0 Å². The van der Waals surface area contributed by atoms with Crippen LogP contribution in [0.3, 0.4) is 0 Å². The zero-order valence-corrected chi connectivity index (χ0v) is 14.2. The van der Waals surface area contributed by atoms with Gasteiger partial charge in [-0.3, -0.25) is 4.79 Å². The highest BCUT2D eigenvalue weighted by Crippen LogP contribution is 2.72. The van der Waals surface area contributed by atoms with Crippen LogP contribution in [-0.4, -0.2) is 11.1 Å². The second kappa shape index (κ2) is 5.76. The first-order valence-corrected chi connectivity index (χ1v) is 8.98. The molecule has 0 saturated heterocycles. The first-order chi connectivity index (χ1) is 11.7. The van der Waals surface area contributed by atoms with Crippen LogP contribution in [0.1, 0.15) is 56.0 Å². The zero-order chi connectivity index (χ0) is 16.6. The number of aromatic nitrogens is 1. The first-order valence-electron chi connectivity index (χ1n) is 8.98. The predicted molar refractivity (Wildman–Crippen MR) is 91.4 cm³/mol. The lowest BCUT2D eigenvalue weighted by atomic mass is 9.84. The second-order valence-electron chi connectivity index (χ2n) is 7.26. The summed E-state index contributed by atoms with van der Waals surface area (Å²) in [6, 6.07) is 12.2. The Morgan fingerprint density at radius 3 is 2.67 bits per heavy atom. The van der Waals surface area contributed by atoms with Crippen molar-refractivity contribution in [2.24, 2.45) is 5.41 Å². The number of hydrogen-bond donors (Lipinski definition) is 1. The number of carbonyl (C=O) groups excluding carboxylic acids is 1. The molecule has 1 amide bonds. The Morgan fingerprint density at radius 2 is 2.00 bits per heavy atom. The lowest BCUT2D eigenvalue weighted by Gasteiger charge is -2.22. The van der Waals surface area contributed by atoms with Crippen molar-refractivity contribution in [1.82, 2.24) is 10.5 Å². The van der Waals surface area contributed by atoms with Gasteiger partial charge in [0.15, 0.2) is 5.76 Å². The molecule has 1 heterocycles. The van der Waals surface area contributed by atoms with Gasteiger partial charge in [-0.25, -0.2) is 0 Å². The summed E-state index contributed by atoms with van der Waals surface area (Å²) in [7, 11) is 0. The summed E-state index contributed by atoms with van der Waals surface area (Å²) in [5.74, 6) is 0.870. The van der Waals surface area contributed by atoms with Gasteiger partial charge in [-0.1, -0.05) is 55.3 Å². The minimum atomic E-state index is -0.349. The van der Waals surface area contributed by atoms with E-state index in [4.69, 9.17) is 4.52 Å². The number of rotatable bonds is 5. The Bertz CT molecular complexity index is 731. The van der Waals surface area contributed by atoms with Crippen molar-refractivity contribution in [2.45, 2.75) is 57.4 Å². The van der Waals surface area contributed by atoms with Crippen LogP contribution < -0.4 is 5.32 Å². The van der Waals surface area contributed by atoms with Gasteiger partial charge in [-0.2, -0.15) is 0 Å². The lowest BCUT2D eigenvalue weighted by molar-refractivity contribution is -0.124. The van der Waals surface area contributed by atoms with E-state index >= 15 is 0 Å². The summed E-state index contributed by atoms with van der Waals surface area (Å²) in [6.07, 6.45) is 6.63. The fraction of sp³-hybridized carbons (Fsp3) is 0.500. The highest BCUT2D eigenvalue weighted by Gasteiger charge is 2.72. The minimum Gasteiger partial charge on any atom is -0.359 e. The van der Waals surface area contributed by atoms with Crippen LogP contribution in [-0.2, 0) is 23.2 Å². The van der Waals surface area contributed by atoms with Crippen LogP contribution in [0.15, 0.2) is 40.9 Å². The van der Waals surface area contributed by atoms with Crippen LogP contribution in [0.25, 0.3) is 0 Å². The molecule has 0 radical (unpaired) electrons. The molecule has 1 N–H and O–H groups in total. The third kappa shape index (κ3) is 2.27. The number of aryl methyl sites for hydroxylation is 1. The van der Waals surface area contributed by atoms with E-state index in [0.717, 1.165) is 42.7 Å². The fourth-order valence-corrected chi connectivity index (χ4v) is 4.63. The number of benzene rings is 1. The Kier molecular flexibility index (Phi) is 3.70. The third-order valence-electron chi connectivity index (χ3n) is 5.99. The van der Waals surface area contributed by atoms with Gasteiger partial charge in [-0.15, -0.1) is 0 Å². The monoisotopic (exact) mass is 324 g/mol. The quantitative estimate of drug-likeness (QED) is 0.911. The molecule has 1 aromatic heterocycles. The molecule has 2 aliphatic carbocycles. The molecular weight excluding hydrogens is 300 g/mol. The van der Waals surface area contributed by atoms with Crippen molar-refractivity contribution >= 4 is 5.91 Å². The van der Waals surface area contributed by atoms with Gasteiger partial charge in [0.25, 0.3) is 0 Å². The molecule has 2 aromatic rings. The fourth-order valence-electron chi connectivity index (χ4n) is 4.63. The summed E-state index contributed by atoms with van der Waals surface area (Å²) in [5.41, 5.74) is 1.92. The van der Waals surface area contributed by atoms with Gasteiger partial charge < -0.3 is 9.84 Å². The van der Waals surface area contributed by atoms with Gasteiger partial charge in [0.2, 0.25) is 5.91 Å². The SMILES string of the molecule is CCc1cc(CNC(=O)C2(c3ccccc3)CC23CCCC3)on1. The van der Waals surface area contributed by atoms with E-state index in [1.807, 2.05) is 31.2 Å². The average Bonchev–Trinajstić information content (AvgIpc) is 2.96. The Labute approximate surface area is 142 Å². The molecule has 2 fully saturated rings. The van der Waals surface area contributed by atoms with E-state index in [1.54, 1.807) is 0 Å². The average molecular weight is 324 g/mol. The maximum Gasteiger partial charge on any atom is 0.231 e. The van der Waals surface area contributed by atoms with Crippen LogP contribution >= 0.6 is 0 Å². The molecule has 1 spiro atoms. The van der Waals surface area contributed by atoms with Crippen molar-refractivity contribution in [2.75, 3.05) is 0 Å². The minimum absolute atomic E-state index is 0.144. The zero-order valence-electron chi connectivity index (χ0n) is 14.2. The topological polar surface area (TPSA) is 55.1 Å². The highest BCUT2D eigenvalue weighted by atomic mass is 16.5. The van der Waals surface area contributed by atoms with Crippen molar-refractivity contribution in [3.63, 3.8) is 0 Å². The van der Waals surface area contributed by atoms with Crippen LogP contribution in [0.4, 0.5) is 0 Å². The molecule has 2 aliphatic rings. The molecule has 24 heavy (non-hydrogen) atoms. The van der Waals surface area contributed by atoms with E-state index in [-0.39, 0.29) is 16.7 Å². The number of amides is 1. The lowest BCUT2D eigenvalue weighted by Crippen LogP contribution is -2.38. The summed E-state index contributed by atoms with van der Waals surface area (Å²) >= 11 is 0. The number of carbonyl (C=O) groups is 1. The van der Waals surface area contributed by atoms with Gasteiger partial charge in [-0.05, 0) is 36.7 Å². The third-order valence-corrected chi connectivity index (χ3v) is 5.99. The van der Waals surface area contributed by atoms with Crippen molar-refractivity contribution < 1.29 is 9.32 Å². The molecule has 4 rings (SSSR count). The summed E-state index contributed by atoms with van der Waals surface area (Å²) < 4.78 is 5.30. The number of nitrogens with one attached hydrogen (secondary N) is 1. The van der Waals surface area contributed by atoms with Gasteiger partial charge in [0.05, 0.1) is 17.7 Å². The van der Waals surface area contributed by atoms with Gasteiger partial charge in [0.1, 0.15) is 0 Å². The van der Waals surface area contributed by atoms with E-state index in [2.05, 4.69) is 22.6 Å². The van der Waals surface area contributed by atoms with E-state index in [1.165, 1.54) is 12.8 Å². The Hall–Kier alpha value is -2.10. The van der Waals surface area contributed by atoms with E-state index in [9.17, 15) is 4.79 Å². The molecule has 1 atom stereocenters. The van der Waals surface area contributed by atoms with Crippen molar-refractivity contribution in [3.05, 3.63) is 53.4 Å². The largest absolute Gasteiger partial charge is 0.359 e. The first kappa shape index (κ1) is 15.4. The molecule has 1 aromatic carbocycles. The molecule has 4 nitrogen and oxygen atoms in total. The van der Waals surface area contributed by atoms with E-state index < -0.39 is 0 Å². The van der Waals surface area contributed by atoms with Crippen molar-refractivity contribution in [3.8, 4) is 0 Å². The molecule has 0 bridgehead atoms. The summed E-state index contributed by atoms with van der Waals surface area (Å²) in [6.45, 7) is 2.45. The van der Waals surface area contributed by atoms with Gasteiger partial charge in [0, 0.05) is 6.07 Å². The second-order valence-corrected chi connectivity index (χ2v) is 7.26. The van der Waals surface area contributed by atoms with Gasteiger partial charge >= 0.3 is 0 Å². The van der Waals surface area contributed by atoms with E-state index in [0.29, 0.717) is 6.54 Å². The molecule has 4 heteroatoms. The van der Waals surface area contributed by atoms with Crippen molar-refractivity contribution in [1.29, 1.82) is 0 Å². The smallest absolute Gasteiger partial charge is 0.231 e. The molecule has 1 unspecified atom stereocenters. The summed E-state index contributed by atoms with van der Waals surface area (Å²) in [4.78, 5) is 13.2. The predicted octanol–water partition coefficient (Wildman–Crippen LogP) is 3.76. The molecular formula is C20H24N2O2.